The number of amides is 3. The number of carboxylic acid groups (broad SMARTS) is 1. The van der Waals surface area contributed by atoms with Gasteiger partial charge in [0.05, 0.1) is 12.6 Å². The second kappa shape index (κ2) is 14.3. The molecule has 35 heavy (non-hydrogen) atoms. The molecule has 0 saturated heterocycles. The number of benzene rings is 1. The van der Waals surface area contributed by atoms with Gasteiger partial charge in [0.1, 0.15) is 23.9 Å². The van der Waals surface area contributed by atoms with Gasteiger partial charge in [0.25, 0.3) is 0 Å². The van der Waals surface area contributed by atoms with E-state index >= 15 is 0 Å². The Morgan fingerprint density at radius 2 is 1.49 bits per heavy atom. The number of nitrogens with two attached hydrogens (primary N) is 1. The molecule has 3 amide bonds. The fourth-order valence-electron chi connectivity index (χ4n) is 3.37. The molecule has 5 unspecified atom stereocenters. The first-order chi connectivity index (χ1) is 16.4. The van der Waals surface area contributed by atoms with Gasteiger partial charge in [-0.1, -0.05) is 46.2 Å². The predicted octanol–water partition coefficient (Wildman–Crippen LogP) is -0.114. The Bertz CT molecular complexity index is 860. The molecule has 11 heteroatoms. The van der Waals surface area contributed by atoms with Crippen molar-refractivity contribution >= 4 is 23.7 Å². The van der Waals surface area contributed by atoms with E-state index in [1.165, 1.54) is 12.1 Å². The van der Waals surface area contributed by atoms with Crippen molar-refractivity contribution in [1.82, 2.24) is 16.0 Å². The summed E-state index contributed by atoms with van der Waals surface area (Å²) in [5, 5.41) is 35.4. The average Bonchev–Trinajstić information content (AvgIpc) is 2.80. The Kier molecular flexibility index (Phi) is 12.2. The molecule has 196 valence electrons. The summed E-state index contributed by atoms with van der Waals surface area (Å²) in [4.78, 5) is 50.0. The number of rotatable bonds is 14. The Morgan fingerprint density at radius 3 is 1.97 bits per heavy atom. The molecular weight excluding hydrogens is 456 g/mol. The maximum Gasteiger partial charge on any atom is 0.328 e. The lowest BCUT2D eigenvalue weighted by atomic mass is 9.96. The van der Waals surface area contributed by atoms with Crippen molar-refractivity contribution < 1.29 is 34.5 Å². The molecule has 11 nitrogen and oxygen atoms in total. The van der Waals surface area contributed by atoms with Crippen molar-refractivity contribution in [3.63, 3.8) is 0 Å². The van der Waals surface area contributed by atoms with Crippen molar-refractivity contribution in [2.75, 3.05) is 6.61 Å². The van der Waals surface area contributed by atoms with Crippen molar-refractivity contribution in [3.8, 4) is 5.75 Å². The SMILES string of the molecule is CCC(C)C(NC(=O)C(N)CC(C)C)C(=O)NC(Cc1ccc(O)cc1)C(=O)NC(CO)C(=O)O. The monoisotopic (exact) mass is 494 g/mol. The van der Waals surface area contributed by atoms with Crippen molar-refractivity contribution in [2.24, 2.45) is 17.6 Å². The van der Waals surface area contributed by atoms with E-state index in [0.29, 0.717) is 18.4 Å². The van der Waals surface area contributed by atoms with Crippen LogP contribution in [0.15, 0.2) is 24.3 Å². The van der Waals surface area contributed by atoms with Gasteiger partial charge in [0.2, 0.25) is 17.7 Å². The minimum atomic E-state index is -1.55. The van der Waals surface area contributed by atoms with E-state index < -0.39 is 54.5 Å². The van der Waals surface area contributed by atoms with Crippen LogP contribution in [0.1, 0.15) is 46.1 Å². The highest BCUT2D eigenvalue weighted by Gasteiger charge is 2.32. The molecule has 0 fully saturated rings. The Hall–Kier alpha value is -3.18. The van der Waals surface area contributed by atoms with Gasteiger partial charge in [-0.15, -0.1) is 0 Å². The summed E-state index contributed by atoms with van der Waals surface area (Å²) >= 11 is 0. The van der Waals surface area contributed by atoms with E-state index in [9.17, 15) is 29.4 Å². The first-order valence-electron chi connectivity index (χ1n) is 11.7. The minimum Gasteiger partial charge on any atom is -0.508 e. The van der Waals surface area contributed by atoms with Gasteiger partial charge < -0.3 is 37.0 Å². The quantitative estimate of drug-likeness (QED) is 0.186. The van der Waals surface area contributed by atoms with Crippen molar-refractivity contribution in [2.45, 2.75) is 71.1 Å². The van der Waals surface area contributed by atoms with E-state index in [2.05, 4.69) is 16.0 Å². The van der Waals surface area contributed by atoms with Gasteiger partial charge in [-0.05, 0) is 36.0 Å². The van der Waals surface area contributed by atoms with Gasteiger partial charge in [-0.3, -0.25) is 14.4 Å². The van der Waals surface area contributed by atoms with Crippen LogP contribution in [-0.2, 0) is 25.6 Å². The highest BCUT2D eigenvalue weighted by molar-refractivity contribution is 5.94. The summed E-state index contributed by atoms with van der Waals surface area (Å²) in [6.07, 6.45) is 0.964. The summed E-state index contributed by atoms with van der Waals surface area (Å²) in [6, 6.07) is 1.40. The van der Waals surface area contributed by atoms with Gasteiger partial charge in [0, 0.05) is 6.42 Å². The van der Waals surface area contributed by atoms with Crippen LogP contribution in [0.3, 0.4) is 0 Å². The fourth-order valence-corrected chi connectivity index (χ4v) is 3.37. The van der Waals surface area contributed by atoms with Crippen LogP contribution in [0.5, 0.6) is 5.75 Å². The molecule has 0 aliphatic carbocycles. The molecule has 0 aliphatic heterocycles. The number of aliphatic hydroxyl groups is 1. The zero-order chi connectivity index (χ0) is 26.7. The van der Waals surface area contributed by atoms with Crippen molar-refractivity contribution in [1.29, 1.82) is 0 Å². The number of phenols is 1. The third-order valence-corrected chi connectivity index (χ3v) is 5.66. The first-order valence-corrected chi connectivity index (χ1v) is 11.7. The fraction of sp³-hybridized carbons (Fsp3) is 0.583. The van der Waals surface area contributed by atoms with Crippen LogP contribution in [0.4, 0.5) is 0 Å². The molecule has 0 bridgehead atoms. The number of nitrogens with one attached hydrogen (secondary N) is 3. The smallest absolute Gasteiger partial charge is 0.328 e. The minimum absolute atomic E-state index is 0.0160. The van der Waals surface area contributed by atoms with E-state index in [4.69, 9.17) is 10.8 Å². The van der Waals surface area contributed by atoms with E-state index in [1.807, 2.05) is 20.8 Å². The van der Waals surface area contributed by atoms with Crippen molar-refractivity contribution in [3.05, 3.63) is 29.8 Å². The summed E-state index contributed by atoms with van der Waals surface area (Å²) in [5.74, 6) is -3.45. The van der Waals surface area contributed by atoms with E-state index in [-0.39, 0.29) is 24.0 Å². The molecule has 0 spiro atoms. The molecule has 1 aromatic carbocycles. The number of aliphatic hydroxyl groups excluding tert-OH is 1. The molecule has 8 N–H and O–H groups in total. The van der Waals surface area contributed by atoms with Crippen LogP contribution in [-0.4, -0.2) is 69.8 Å². The van der Waals surface area contributed by atoms with Crippen LogP contribution in [0.2, 0.25) is 0 Å². The van der Waals surface area contributed by atoms with E-state index in [1.54, 1.807) is 19.1 Å². The Labute approximate surface area is 205 Å². The number of phenolic OH excluding ortho intramolecular Hbond substituents is 1. The van der Waals surface area contributed by atoms with Gasteiger partial charge in [-0.2, -0.15) is 0 Å². The second-order valence-electron chi connectivity index (χ2n) is 9.12. The molecule has 0 radical (unpaired) electrons. The van der Waals surface area contributed by atoms with Gasteiger partial charge in [0.15, 0.2) is 0 Å². The van der Waals surface area contributed by atoms with E-state index in [0.717, 1.165) is 0 Å². The maximum atomic E-state index is 13.2. The highest BCUT2D eigenvalue weighted by Crippen LogP contribution is 2.14. The summed E-state index contributed by atoms with van der Waals surface area (Å²) in [6.45, 7) is 6.65. The maximum absolute atomic E-state index is 13.2. The molecule has 0 aromatic heterocycles. The molecule has 0 saturated carbocycles. The lowest BCUT2D eigenvalue weighted by Gasteiger charge is -2.28. The molecule has 0 heterocycles. The third kappa shape index (κ3) is 9.91. The largest absolute Gasteiger partial charge is 0.508 e. The Balaban J connectivity index is 3.13. The Morgan fingerprint density at radius 1 is 0.914 bits per heavy atom. The highest BCUT2D eigenvalue weighted by atomic mass is 16.4. The number of hydrogen-bond donors (Lipinski definition) is 7. The number of hydrogen-bond acceptors (Lipinski definition) is 7. The van der Waals surface area contributed by atoms with Crippen LogP contribution in [0, 0.1) is 11.8 Å². The van der Waals surface area contributed by atoms with Crippen LogP contribution in [0.25, 0.3) is 0 Å². The lowest BCUT2D eigenvalue weighted by molar-refractivity contribution is -0.143. The summed E-state index contributed by atoms with van der Waals surface area (Å²) in [5.41, 5.74) is 6.55. The normalized spacial score (nSPS) is 15.4. The first kappa shape index (κ1) is 29.9. The second-order valence-corrected chi connectivity index (χ2v) is 9.12. The zero-order valence-corrected chi connectivity index (χ0v) is 20.7. The molecule has 1 aromatic rings. The number of carboxylic acids is 1. The van der Waals surface area contributed by atoms with Crippen LogP contribution < -0.4 is 21.7 Å². The summed E-state index contributed by atoms with van der Waals surface area (Å²) in [7, 11) is 0. The molecular formula is C24H38N4O7. The third-order valence-electron chi connectivity index (χ3n) is 5.66. The molecule has 0 aliphatic rings. The standard InChI is InChI=1S/C24H38N4O7/c1-5-14(4)20(28-21(31)17(25)10-13(2)3)23(33)26-18(11-15-6-8-16(30)9-7-15)22(32)27-19(12-29)24(34)35/h6-9,13-14,17-20,29-30H,5,10-12,25H2,1-4H3,(H,26,33)(H,27,32)(H,28,31)(H,34,35). The van der Waals surface area contributed by atoms with Gasteiger partial charge in [-0.25, -0.2) is 4.79 Å². The average molecular weight is 495 g/mol. The number of carbonyl (C=O) groups is 4. The topological polar surface area (TPSA) is 191 Å². The molecule has 1 rings (SSSR count). The number of aromatic hydroxyl groups is 1. The number of carbonyl (C=O) groups excluding carboxylic acids is 3. The molecule has 5 atom stereocenters. The summed E-state index contributed by atoms with van der Waals surface area (Å²) < 4.78 is 0. The predicted molar refractivity (Wildman–Crippen MR) is 129 cm³/mol. The number of aliphatic carboxylic acids is 1. The van der Waals surface area contributed by atoms with Gasteiger partial charge >= 0.3 is 5.97 Å². The lowest BCUT2D eigenvalue weighted by Crippen LogP contribution is -2.59. The zero-order valence-electron chi connectivity index (χ0n) is 20.7. The van der Waals surface area contributed by atoms with Crippen LogP contribution >= 0.6 is 0 Å².